The van der Waals surface area contributed by atoms with Crippen molar-refractivity contribution in [3.63, 3.8) is 0 Å². The van der Waals surface area contributed by atoms with E-state index in [1.165, 1.54) is 4.90 Å². The molecule has 5 aliphatic rings. The average Bonchev–Trinajstić information content (AvgIpc) is 3.67. The fraction of sp³-hybridized carbons (Fsp3) is 0.516. The molecule has 12 heteroatoms. The van der Waals surface area contributed by atoms with Crippen molar-refractivity contribution in [2.24, 2.45) is 4.99 Å². The molecule has 0 aromatic carbocycles. The standard InChI is InChI=1S/C31H36FN9O2/c1-21(32)31(42)40-16-15-39(18-22(40)8-10-33)29-24-9-13-38(28-7-3-6-27-35-11-14-41(27)28)19-26(24)36-30(25(29)17-34)43-20-23-5-4-12-37(23)2/h3,6-7,22-23H,1,4-5,8-9,11-16,18-20H2,2H3/t22-,23-/m0/s1. The quantitative estimate of drug-likeness (QED) is 0.445. The number of amides is 1. The highest BCUT2D eigenvalue weighted by molar-refractivity contribution is 5.96. The molecule has 43 heavy (non-hydrogen) atoms. The number of fused-ring (bicyclic) bond motifs is 2. The highest BCUT2D eigenvalue weighted by Crippen LogP contribution is 2.39. The fourth-order valence-corrected chi connectivity index (χ4v) is 6.84. The first-order valence-electron chi connectivity index (χ1n) is 14.9. The highest BCUT2D eigenvalue weighted by atomic mass is 19.1. The summed E-state index contributed by atoms with van der Waals surface area (Å²) in [5.41, 5.74) is 2.94. The Bertz CT molecular complexity index is 1490. The second kappa shape index (κ2) is 12.1. The minimum Gasteiger partial charge on any atom is -0.475 e. The lowest BCUT2D eigenvalue weighted by Crippen LogP contribution is -2.55. The Morgan fingerprint density at radius 1 is 1.19 bits per heavy atom. The van der Waals surface area contributed by atoms with Crippen molar-refractivity contribution < 1.29 is 13.9 Å². The van der Waals surface area contributed by atoms with E-state index in [4.69, 9.17) is 9.72 Å². The van der Waals surface area contributed by atoms with E-state index in [1.54, 1.807) is 0 Å². The number of anilines is 1. The zero-order valence-corrected chi connectivity index (χ0v) is 24.5. The molecule has 0 radical (unpaired) electrons. The van der Waals surface area contributed by atoms with Crippen LogP contribution in [0.4, 0.5) is 10.1 Å². The minimum absolute atomic E-state index is 0.0389. The number of halogens is 1. The minimum atomic E-state index is -1.04. The Morgan fingerprint density at radius 2 is 2.05 bits per heavy atom. The number of amidine groups is 1. The zero-order valence-electron chi connectivity index (χ0n) is 24.5. The van der Waals surface area contributed by atoms with Crippen LogP contribution in [0.25, 0.3) is 0 Å². The number of likely N-dealkylation sites (tertiary alicyclic amines) is 1. The summed E-state index contributed by atoms with van der Waals surface area (Å²) in [5, 5.41) is 20.0. The van der Waals surface area contributed by atoms with Gasteiger partial charge in [-0.25, -0.2) is 9.37 Å². The van der Waals surface area contributed by atoms with Gasteiger partial charge in [-0.1, -0.05) is 12.7 Å². The molecule has 2 atom stereocenters. The van der Waals surface area contributed by atoms with E-state index < -0.39 is 17.8 Å². The number of aliphatic imine (C=N–C) groups is 1. The maximum Gasteiger partial charge on any atom is 0.282 e. The monoisotopic (exact) mass is 585 g/mol. The molecule has 11 nitrogen and oxygen atoms in total. The van der Waals surface area contributed by atoms with Crippen molar-refractivity contribution in [3.05, 3.63) is 53.3 Å². The van der Waals surface area contributed by atoms with Gasteiger partial charge in [0.2, 0.25) is 5.88 Å². The lowest BCUT2D eigenvalue weighted by atomic mass is 9.97. The third-order valence-electron chi connectivity index (χ3n) is 9.07. The molecule has 0 bridgehead atoms. The summed E-state index contributed by atoms with van der Waals surface area (Å²) in [4.78, 5) is 32.4. The van der Waals surface area contributed by atoms with E-state index in [9.17, 15) is 19.7 Å². The Labute approximate surface area is 251 Å². The molecule has 1 aromatic rings. The summed E-state index contributed by atoms with van der Waals surface area (Å²) in [7, 11) is 2.08. The zero-order chi connectivity index (χ0) is 30.1. The molecule has 6 heterocycles. The summed E-state index contributed by atoms with van der Waals surface area (Å²) in [6.45, 7) is 8.35. The number of carbonyl (C=O) groups excluding carboxylic acids is 1. The Morgan fingerprint density at radius 3 is 2.79 bits per heavy atom. The molecule has 0 N–H and O–H groups in total. The number of hydrogen-bond acceptors (Lipinski definition) is 10. The van der Waals surface area contributed by atoms with Gasteiger partial charge in [-0.2, -0.15) is 10.5 Å². The van der Waals surface area contributed by atoms with Crippen LogP contribution in [0, 0.1) is 22.7 Å². The number of nitrogens with zero attached hydrogens (tertiary/aromatic N) is 9. The van der Waals surface area contributed by atoms with E-state index in [-0.39, 0.29) is 25.6 Å². The van der Waals surface area contributed by atoms with Crippen molar-refractivity contribution in [3.8, 4) is 18.0 Å². The van der Waals surface area contributed by atoms with Crippen LogP contribution in [0.1, 0.15) is 36.1 Å². The number of likely N-dealkylation sites (N-methyl/N-ethyl adjacent to an activating group) is 1. The van der Waals surface area contributed by atoms with Crippen LogP contribution in [-0.2, 0) is 17.8 Å². The fourth-order valence-electron chi connectivity index (χ4n) is 6.84. The molecule has 2 fully saturated rings. The van der Waals surface area contributed by atoms with Crippen LogP contribution in [0.3, 0.4) is 0 Å². The molecule has 0 aliphatic carbocycles. The maximum absolute atomic E-state index is 13.8. The van der Waals surface area contributed by atoms with Crippen molar-refractivity contribution >= 4 is 17.4 Å². The topological polar surface area (TPSA) is 115 Å². The molecule has 5 aliphatic heterocycles. The van der Waals surface area contributed by atoms with Gasteiger partial charge in [-0.15, -0.1) is 0 Å². The van der Waals surface area contributed by atoms with Crippen LogP contribution in [0.15, 0.2) is 41.4 Å². The lowest BCUT2D eigenvalue weighted by molar-refractivity contribution is -0.131. The number of carbonyl (C=O) groups is 1. The van der Waals surface area contributed by atoms with Gasteiger partial charge in [0.25, 0.3) is 5.91 Å². The summed E-state index contributed by atoms with van der Waals surface area (Å²) in [6.07, 6.45) is 8.98. The van der Waals surface area contributed by atoms with Crippen LogP contribution in [0.5, 0.6) is 5.88 Å². The first-order chi connectivity index (χ1) is 20.9. The van der Waals surface area contributed by atoms with Gasteiger partial charge in [0.15, 0.2) is 5.83 Å². The van der Waals surface area contributed by atoms with Gasteiger partial charge >= 0.3 is 0 Å². The molecular formula is C31H36FN9O2. The predicted octanol–water partition coefficient (Wildman–Crippen LogP) is 2.32. The molecule has 0 spiro atoms. The largest absolute Gasteiger partial charge is 0.475 e. The van der Waals surface area contributed by atoms with E-state index in [0.717, 1.165) is 67.6 Å². The molecule has 0 unspecified atom stereocenters. The third-order valence-corrected chi connectivity index (χ3v) is 9.07. The first-order valence-corrected chi connectivity index (χ1v) is 14.9. The van der Waals surface area contributed by atoms with Gasteiger partial charge in [0.05, 0.1) is 43.0 Å². The third kappa shape index (κ3) is 5.43. The van der Waals surface area contributed by atoms with Gasteiger partial charge in [0.1, 0.15) is 29.9 Å². The van der Waals surface area contributed by atoms with Crippen molar-refractivity contribution in [1.82, 2.24) is 24.6 Å². The number of aromatic nitrogens is 1. The number of piperazine rings is 1. The summed E-state index contributed by atoms with van der Waals surface area (Å²) in [6, 6.07) is 4.23. The van der Waals surface area contributed by atoms with Gasteiger partial charge in [-0.3, -0.25) is 9.79 Å². The summed E-state index contributed by atoms with van der Waals surface area (Å²) < 4.78 is 20.2. The molecular weight excluding hydrogens is 549 g/mol. The molecule has 1 aromatic heterocycles. The van der Waals surface area contributed by atoms with Crippen molar-refractivity contribution in [2.75, 3.05) is 64.4 Å². The van der Waals surface area contributed by atoms with Gasteiger partial charge in [0, 0.05) is 44.3 Å². The van der Waals surface area contributed by atoms with Crippen LogP contribution in [-0.4, -0.2) is 108 Å². The number of ether oxygens (including phenoxy) is 1. The molecule has 2 saturated heterocycles. The van der Waals surface area contributed by atoms with E-state index in [1.807, 2.05) is 12.2 Å². The van der Waals surface area contributed by atoms with Crippen LogP contribution < -0.4 is 9.64 Å². The SMILES string of the molecule is C=C(F)C(=O)N1CCN(c2c(C#N)c(OC[C@@H]3CCCN3C)nc3c2CCN(C2=CC=CC4=NCCN24)C3)C[C@@H]1CC#N. The second-order valence-corrected chi connectivity index (χ2v) is 11.6. The highest BCUT2D eigenvalue weighted by Gasteiger charge is 2.37. The van der Waals surface area contributed by atoms with Crippen molar-refractivity contribution in [1.29, 1.82) is 10.5 Å². The van der Waals surface area contributed by atoms with Gasteiger partial charge < -0.3 is 29.2 Å². The van der Waals surface area contributed by atoms with Crippen LogP contribution in [0.2, 0.25) is 0 Å². The molecule has 6 rings (SSSR count). The van der Waals surface area contributed by atoms with Crippen molar-refractivity contribution in [2.45, 2.75) is 44.3 Å². The molecule has 224 valence electrons. The lowest BCUT2D eigenvalue weighted by Gasteiger charge is -2.43. The number of nitriles is 2. The number of rotatable bonds is 7. The first kappa shape index (κ1) is 28.7. The van der Waals surface area contributed by atoms with E-state index in [2.05, 4.69) is 56.4 Å². The normalized spacial score (nSPS) is 23.3. The van der Waals surface area contributed by atoms with Crippen LogP contribution >= 0.6 is 0 Å². The Kier molecular flexibility index (Phi) is 8.04. The molecule has 0 saturated carbocycles. The number of pyridine rings is 1. The predicted molar refractivity (Wildman–Crippen MR) is 159 cm³/mol. The average molecular weight is 586 g/mol. The Hall–Kier alpha value is -4.42. The maximum atomic E-state index is 13.8. The smallest absolute Gasteiger partial charge is 0.282 e. The summed E-state index contributed by atoms with van der Waals surface area (Å²) >= 11 is 0. The number of allylic oxidation sites excluding steroid dienone is 2. The Balaban J connectivity index is 1.36. The summed E-state index contributed by atoms with van der Waals surface area (Å²) in [5.74, 6) is 0.526. The van der Waals surface area contributed by atoms with E-state index in [0.29, 0.717) is 37.6 Å². The number of hydrogen-bond donors (Lipinski definition) is 0. The molecule has 1 amide bonds. The van der Waals surface area contributed by atoms with Gasteiger partial charge in [-0.05, 0) is 45.0 Å². The van der Waals surface area contributed by atoms with E-state index >= 15 is 0 Å². The second-order valence-electron chi connectivity index (χ2n) is 11.6.